The zero-order valence-corrected chi connectivity index (χ0v) is 15.5. The number of hydrogen-bond donors (Lipinski definition) is 2. The van der Waals surface area contributed by atoms with E-state index in [1.54, 1.807) is 25.0 Å². The first-order valence-electron chi connectivity index (χ1n) is 8.85. The van der Waals surface area contributed by atoms with Crippen LogP contribution in [0.2, 0.25) is 0 Å². The van der Waals surface area contributed by atoms with E-state index in [0.29, 0.717) is 38.2 Å². The normalized spacial score (nSPS) is 15.3. The molecule has 1 atom stereocenters. The Morgan fingerprint density at radius 1 is 1.30 bits per heavy atom. The molecular formula is C19H24N4O4. The number of nitrogens with one attached hydrogen (secondary N) is 2. The highest BCUT2D eigenvalue weighted by atomic mass is 16.5. The molecule has 0 saturated heterocycles. The Morgan fingerprint density at radius 2 is 2.15 bits per heavy atom. The molecule has 1 unspecified atom stereocenters. The molecular weight excluding hydrogens is 348 g/mol. The second-order valence-electron chi connectivity index (χ2n) is 6.45. The van der Waals surface area contributed by atoms with Crippen LogP contribution in [0.25, 0.3) is 0 Å². The topological polar surface area (TPSA) is 94.5 Å². The number of carbonyl (C=O) groups excluding carboxylic acids is 2. The minimum absolute atomic E-state index is 0.0174. The fourth-order valence-electron chi connectivity index (χ4n) is 3.11. The maximum absolute atomic E-state index is 12.3. The molecule has 2 heterocycles. The Labute approximate surface area is 157 Å². The molecule has 0 aliphatic carbocycles. The molecule has 1 aromatic heterocycles. The number of nitrogens with zero attached hydrogens (tertiary/aromatic N) is 2. The van der Waals surface area contributed by atoms with E-state index in [9.17, 15) is 9.59 Å². The van der Waals surface area contributed by atoms with Gasteiger partial charge < -0.3 is 20.1 Å². The fourth-order valence-corrected chi connectivity index (χ4v) is 3.11. The van der Waals surface area contributed by atoms with Gasteiger partial charge in [0.25, 0.3) is 5.91 Å². The van der Waals surface area contributed by atoms with E-state index in [0.717, 1.165) is 17.0 Å². The van der Waals surface area contributed by atoms with Gasteiger partial charge in [0.15, 0.2) is 0 Å². The summed E-state index contributed by atoms with van der Waals surface area (Å²) in [4.78, 5) is 24.3. The molecule has 1 aliphatic rings. The van der Waals surface area contributed by atoms with Crippen molar-refractivity contribution in [2.75, 3.05) is 27.4 Å². The molecule has 0 spiro atoms. The van der Waals surface area contributed by atoms with Gasteiger partial charge in [-0.05, 0) is 23.8 Å². The highest BCUT2D eigenvalue weighted by Crippen LogP contribution is 2.17. The molecule has 0 fully saturated rings. The second kappa shape index (κ2) is 8.68. The van der Waals surface area contributed by atoms with Crippen LogP contribution in [0.1, 0.15) is 21.7 Å². The van der Waals surface area contributed by atoms with E-state index in [1.165, 1.54) is 0 Å². The lowest BCUT2D eigenvalue weighted by Gasteiger charge is -2.12. The highest BCUT2D eigenvalue weighted by molar-refractivity contribution is 5.92. The lowest BCUT2D eigenvalue weighted by Crippen LogP contribution is -2.37. The Morgan fingerprint density at radius 3 is 2.89 bits per heavy atom. The van der Waals surface area contributed by atoms with E-state index in [1.807, 2.05) is 24.3 Å². The molecule has 27 heavy (non-hydrogen) atoms. The molecule has 2 aromatic rings. The van der Waals surface area contributed by atoms with Gasteiger partial charge in [-0.2, -0.15) is 5.10 Å². The first-order chi connectivity index (χ1) is 13.1. The van der Waals surface area contributed by atoms with Crippen molar-refractivity contribution in [3.63, 3.8) is 0 Å². The third-order valence-electron chi connectivity index (χ3n) is 4.40. The second-order valence-corrected chi connectivity index (χ2v) is 6.45. The number of aromatic nitrogens is 2. The lowest BCUT2D eigenvalue weighted by molar-refractivity contribution is -0.121. The number of rotatable bonds is 8. The van der Waals surface area contributed by atoms with E-state index in [-0.39, 0.29) is 17.9 Å². The predicted octanol–water partition coefficient (Wildman–Crippen LogP) is 0.552. The number of benzene rings is 1. The fraction of sp³-hybridized carbons (Fsp3) is 0.421. The van der Waals surface area contributed by atoms with Gasteiger partial charge >= 0.3 is 0 Å². The standard InChI is InChI=1S/C19H24N4O4/c1-26-7-6-20-19(25)17-11-15-10-14(12-23(15)22-17)21-18(24)9-13-4-3-5-16(8-13)27-2/h3-5,8,11,14H,6-7,9-10,12H2,1-2H3,(H,20,25)(H,21,24). The number of amides is 2. The monoisotopic (exact) mass is 372 g/mol. The Hall–Kier alpha value is -2.87. The number of fused-ring (bicyclic) bond motifs is 1. The van der Waals surface area contributed by atoms with Crippen molar-refractivity contribution >= 4 is 11.8 Å². The van der Waals surface area contributed by atoms with Gasteiger partial charge in [0, 0.05) is 25.8 Å². The summed E-state index contributed by atoms with van der Waals surface area (Å²) in [5.74, 6) is 0.474. The van der Waals surface area contributed by atoms with Crippen LogP contribution in [-0.2, 0) is 28.9 Å². The molecule has 0 bridgehead atoms. The van der Waals surface area contributed by atoms with Crippen LogP contribution in [0.3, 0.4) is 0 Å². The van der Waals surface area contributed by atoms with Gasteiger partial charge in [0.1, 0.15) is 11.4 Å². The van der Waals surface area contributed by atoms with Crippen LogP contribution >= 0.6 is 0 Å². The summed E-state index contributed by atoms with van der Waals surface area (Å²) < 4.78 is 11.9. The van der Waals surface area contributed by atoms with Crippen molar-refractivity contribution in [1.29, 1.82) is 0 Å². The first kappa shape index (κ1) is 18.9. The summed E-state index contributed by atoms with van der Waals surface area (Å²) in [6.07, 6.45) is 0.950. The summed E-state index contributed by atoms with van der Waals surface area (Å²) in [5, 5.41) is 10.1. The minimum Gasteiger partial charge on any atom is -0.497 e. The van der Waals surface area contributed by atoms with Gasteiger partial charge in [-0.15, -0.1) is 0 Å². The number of methoxy groups -OCH3 is 2. The van der Waals surface area contributed by atoms with Crippen LogP contribution in [0.4, 0.5) is 0 Å². The van der Waals surface area contributed by atoms with Crippen LogP contribution in [0, 0.1) is 0 Å². The SMILES string of the molecule is COCCNC(=O)c1cc2n(n1)CC(NC(=O)Cc1cccc(OC)c1)C2. The third kappa shape index (κ3) is 4.85. The van der Waals surface area contributed by atoms with Crippen molar-refractivity contribution < 1.29 is 19.1 Å². The van der Waals surface area contributed by atoms with Gasteiger partial charge in [-0.3, -0.25) is 14.3 Å². The summed E-state index contributed by atoms with van der Waals surface area (Å²) in [6.45, 7) is 1.46. The highest BCUT2D eigenvalue weighted by Gasteiger charge is 2.26. The molecule has 8 nitrogen and oxygen atoms in total. The number of ether oxygens (including phenoxy) is 2. The van der Waals surface area contributed by atoms with Gasteiger partial charge in [0.2, 0.25) is 5.91 Å². The molecule has 0 radical (unpaired) electrons. The first-order valence-corrected chi connectivity index (χ1v) is 8.85. The van der Waals surface area contributed by atoms with E-state index in [4.69, 9.17) is 9.47 Å². The Balaban J connectivity index is 1.50. The van der Waals surface area contributed by atoms with Crippen LogP contribution < -0.4 is 15.4 Å². The molecule has 1 aromatic carbocycles. The molecule has 3 rings (SSSR count). The van der Waals surface area contributed by atoms with Crippen LogP contribution in [0.5, 0.6) is 5.75 Å². The maximum atomic E-state index is 12.3. The predicted molar refractivity (Wildman–Crippen MR) is 98.8 cm³/mol. The molecule has 2 amide bonds. The number of carbonyl (C=O) groups is 2. The zero-order valence-electron chi connectivity index (χ0n) is 15.5. The Kier molecular flexibility index (Phi) is 6.08. The zero-order chi connectivity index (χ0) is 19.2. The summed E-state index contributed by atoms with van der Waals surface area (Å²) in [5.41, 5.74) is 2.23. The van der Waals surface area contributed by atoms with Crippen LogP contribution in [0.15, 0.2) is 30.3 Å². The largest absolute Gasteiger partial charge is 0.497 e. The maximum Gasteiger partial charge on any atom is 0.271 e. The van der Waals surface area contributed by atoms with Crippen LogP contribution in [-0.4, -0.2) is 55.0 Å². The summed E-state index contributed by atoms with van der Waals surface area (Å²) >= 11 is 0. The Bertz CT molecular complexity index is 794. The minimum atomic E-state index is -0.215. The third-order valence-corrected chi connectivity index (χ3v) is 4.40. The van der Waals surface area contributed by atoms with Crippen molar-refractivity contribution in [3.8, 4) is 5.75 Å². The van der Waals surface area contributed by atoms with E-state index in [2.05, 4.69) is 15.7 Å². The van der Waals surface area contributed by atoms with Crippen molar-refractivity contribution in [3.05, 3.63) is 47.3 Å². The van der Waals surface area contributed by atoms with Gasteiger partial charge in [-0.25, -0.2) is 0 Å². The smallest absolute Gasteiger partial charge is 0.271 e. The van der Waals surface area contributed by atoms with Gasteiger partial charge in [-0.1, -0.05) is 12.1 Å². The summed E-state index contributed by atoms with van der Waals surface area (Å²) in [6, 6.07) is 9.23. The molecule has 1 aliphatic heterocycles. The molecule has 2 N–H and O–H groups in total. The molecule has 8 heteroatoms. The van der Waals surface area contributed by atoms with Crippen molar-refractivity contribution in [2.24, 2.45) is 0 Å². The van der Waals surface area contributed by atoms with E-state index < -0.39 is 0 Å². The van der Waals surface area contributed by atoms with Gasteiger partial charge in [0.05, 0.1) is 32.7 Å². The molecule has 0 saturated carbocycles. The quantitative estimate of drug-likeness (QED) is 0.660. The number of hydrogen-bond acceptors (Lipinski definition) is 5. The average molecular weight is 372 g/mol. The van der Waals surface area contributed by atoms with Crippen molar-refractivity contribution in [1.82, 2.24) is 20.4 Å². The lowest BCUT2D eigenvalue weighted by atomic mass is 10.1. The van der Waals surface area contributed by atoms with Crippen molar-refractivity contribution in [2.45, 2.75) is 25.4 Å². The molecule has 144 valence electrons. The van der Waals surface area contributed by atoms with E-state index >= 15 is 0 Å². The average Bonchev–Trinajstić information content (AvgIpc) is 3.20. The summed E-state index contributed by atoms with van der Waals surface area (Å²) in [7, 11) is 3.19.